The molecule has 0 amide bonds. The minimum atomic E-state index is 0. The lowest BCUT2D eigenvalue weighted by Crippen LogP contribution is -1.53. The molecule has 0 radical (unpaired) electrons. The van der Waals surface area contributed by atoms with Crippen LogP contribution in [0.15, 0.2) is 0 Å². The van der Waals surface area contributed by atoms with Gasteiger partial charge >= 0.3 is 0 Å². The Balaban J connectivity index is 0. The van der Waals surface area contributed by atoms with E-state index in [0.29, 0.717) is 0 Å². The van der Waals surface area contributed by atoms with E-state index in [1.807, 2.05) is 0 Å². The van der Waals surface area contributed by atoms with E-state index >= 15 is 0 Å². The molecule has 0 nitrogen and oxygen atoms in total. The van der Waals surface area contributed by atoms with Crippen LogP contribution in [0.1, 0.15) is 19.8 Å². The van der Waals surface area contributed by atoms with Crippen molar-refractivity contribution in [3.8, 4) is 12.3 Å². The normalized spacial score (nSPS) is 5.33. The Morgan fingerprint density at radius 3 is 2.17 bits per heavy atom. The topological polar surface area (TPSA) is 0 Å². The van der Waals surface area contributed by atoms with Crippen molar-refractivity contribution in [3.63, 3.8) is 0 Å². The maximum Gasteiger partial charge on any atom is 0.00834 e. The third kappa shape index (κ3) is 8.97. The predicted octanol–water partition coefficient (Wildman–Crippen LogP) is 2.00. The summed E-state index contributed by atoms with van der Waals surface area (Å²) in [6.45, 7) is 2.07. The van der Waals surface area contributed by atoms with Crippen molar-refractivity contribution >= 4 is 17.0 Å². The predicted molar refractivity (Wildman–Crippen MR) is 34.1 cm³/mol. The number of terminal acetylenes is 1. The van der Waals surface area contributed by atoms with Crippen LogP contribution in [0, 0.1) is 12.3 Å². The van der Waals surface area contributed by atoms with Crippen LogP contribution < -0.4 is 0 Å². The van der Waals surface area contributed by atoms with E-state index in [9.17, 15) is 0 Å². The third-order valence-electron chi connectivity index (χ3n) is 0.394. The van der Waals surface area contributed by atoms with Gasteiger partial charge in [0.2, 0.25) is 0 Å². The summed E-state index contributed by atoms with van der Waals surface area (Å²) in [7, 11) is 0. The molecule has 0 spiro atoms. The van der Waals surface area contributed by atoms with Gasteiger partial charge in [0.25, 0.3) is 0 Å². The molecule has 0 aromatic heterocycles. The fourth-order valence-corrected chi connectivity index (χ4v) is 0.144. The maximum atomic E-state index is 4.89. The molecule has 36 valence electrons. The van der Waals surface area contributed by atoms with Gasteiger partial charge in [-0.15, -0.1) is 29.3 Å². The molecule has 0 rings (SSSR count). The second-order valence-corrected chi connectivity index (χ2v) is 0.954. The first-order chi connectivity index (χ1) is 2.41. The second-order valence-electron chi connectivity index (χ2n) is 0.954. The lowest BCUT2D eigenvalue weighted by Gasteiger charge is -1.69. The Morgan fingerprint density at radius 2 is 2.17 bits per heavy atom. The summed E-state index contributed by atoms with van der Waals surface area (Å²) >= 11 is 0. The highest BCUT2D eigenvalue weighted by molar-refractivity contribution is 8.93. The molecule has 0 N–H and O–H groups in total. The summed E-state index contributed by atoms with van der Waals surface area (Å²) in [6, 6.07) is 0. The van der Waals surface area contributed by atoms with Gasteiger partial charge in [-0.3, -0.25) is 0 Å². The van der Waals surface area contributed by atoms with Crippen molar-refractivity contribution in [2.24, 2.45) is 0 Å². The van der Waals surface area contributed by atoms with Crippen molar-refractivity contribution < 1.29 is 0 Å². The summed E-state index contributed by atoms with van der Waals surface area (Å²) in [5, 5.41) is 0. The van der Waals surface area contributed by atoms with Crippen LogP contribution in [0.4, 0.5) is 0 Å². The van der Waals surface area contributed by atoms with Gasteiger partial charge in [0.1, 0.15) is 0 Å². The van der Waals surface area contributed by atoms with Crippen molar-refractivity contribution in [2.75, 3.05) is 0 Å². The summed E-state index contributed by atoms with van der Waals surface area (Å²) in [5.74, 6) is 2.52. The Bertz CT molecular complexity index is 42.4. The number of hydrogen-bond acceptors (Lipinski definition) is 0. The van der Waals surface area contributed by atoms with Crippen LogP contribution in [0.25, 0.3) is 0 Å². The van der Waals surface area contributed by atoms with E-state index in [1.54, 1.807) is 0 Å². The Kier molecular flexibility index (Phi) is 13.9. The first-order valence-corrected chi connectivity index (χ1v) is 1.85. The minimum absolute atomic E-state index is 0. The molecule has 0 aromatic rings. The lowest BCUT2D eigenvalue weighted by atomic mass is 10.4. The van der Waals surface area contributed by atoms with Crippen molar-refractivity contribution in [1.29, 1.82) is 0 Å². The third-order valence-corrected chi connectivity index (χ3v) is 0.394. The van der Waals surface area contributed by atoms with Crippen LogP contribution in [0.5, 0.6) is 0 Å². The molecule has 0 heterocycles. The number of unbranched alkanes of at least 4 members (excludes halogenated alkanes) is 1. The zero-order valence-electron chi connectivity index (χ0n) is 3.90. The fraction of sp³-hybridized carbons (Fsp3) is 0.600. The highest BCUT2D eigenvalue weighted by Gasteiger charge is 1.61. The van der Waals surface area contributed by atoms with Gasteiger partial charge in [0, 0.05) is 6.42 Å². The number of rotatable bonds is 1. The largest absolute Gasteiger partial charge is 0.120 e. The summed E-state index contributed by atoms with van der Waals surface area (Å²) in [5.41, 5.74) is 0. The number of halogens is 1. The minimum Gasteiger partial charge on any atom is -0.120 e. The standard InChI is InChI=1S/C5H8.BrH/c1-3-5-4-2;/h1H,4-5H2,2H3;1H. The summed E-state index contributed by atoms with van der Waals surface area (Å²) in [4.78, 5) is 0. The Morgan fingerprint density at radius 1 is 1.67 bits per heavy atom. The van der Waals surface area contributed by atoms with Crippen molar-refractivity contribution in [1.82, 2.24) is 0 Å². The zero-order chi connectivity index (χ0) is 4.12. The molecule has 6 heavy (non-hydrogen) atoms. The van der Waals surface area contributed by atoms with Gasteiger partial charge in [0.15, 0.2) is 0 Å². The highest BCUT2D eigenvalue weighted by Crippen LogP contribution is 1.77. The lowest BCUT2D eigenvalue weighted by molar-refractivity contribution is 0.984. The molecule has 0 fully saturated rings. The molecule has 0 aliphatic carbocycles. The molecule has 0 aromatic carbocycles. The molecular weight excluding hydrogens is 140 g/mol. The van der Waals surface area contributed by atoms with E-state index in [2.05, 4.69) is 12.8 Å². The first-order valence-electron chi connectivity index (χ1n) is 1.85. The van der Waals surface area contributed by atoms with Crippen LogP contribution in [-0.4, -0.2) is 0 Å². The second kappa shape index (κ2) is 8.90. The molecule has 1 heteroatoms. The molecule has 0 atom stereocenters. The highest BCUT2D eigenvalue weighted by atomic mass is 79.9. The molecule has 0 unspecified atom stereocenters. The van der Waals surface area contributed by atoms with Crippen molar-refractivity contribution in [3.05, 3.63) is 0 Å². The number of hydrogen-bond donors (Lipinski definition) is 0. The molecular formula is C5H9Br. The maximum absolute atomic E-state index is 4.89. The average molecular weight is 149 g/mol. The first kappa shape index (κ1) is 9.40. The molecule has 0 saturated heterocycles. The van der Waals surface area contributed by atoms with Crippen LogP contribution in [0.3, 0.4) is 0 Å². The zero-order valence-corrected chi connectivity index (χ0v) is 5.61. The molecule has 0 saturated carbocycles. The van der Waals surface area contributed by atoms with E-state index in [4.69, 9.17) is 6.42 Å². The molecule has 0 aliphatic heterocycles. The van der Waals surface area contributed by atoms with Gasteiger partial charge in [-0.05, 0) is 6.42 Å². The van der Waals surface area contributed by atoms with Gasteiger partial charge in [-0.25, -0.2) is 0 Å². The summed E-state index contributed by atoms with van der Waals surface area (Å²) in [6.07, 6.45) is 6.91. The van der Waals surface area contributed by atoms with Crippen molar-refractivity contribution in [2.45, 2.75) is 19.8 Å². The van der Waals surface area contributed by atoms with Crippen LogP contribution >= 0.6 is 17.0 Å². The van der Waals surface area contributed by atoms with Gasteiger partial charge in [-0.2, -0.15) is 0 Å². The van der Waals surface area contributed by atoms with Gasteiger partial charge in [0.05, 0.1) is 0 Å². The quantitative estimate of drug-likeness (QED) is 0.500. The fourth-order valence-electron chi connectivity index (χ4n) is 0.144. The monoisotopic (exact) mass is 148 g/mol. The van der Waals surface area contributed by atoms with E-state index in [1.165, 1.54) is 0 Å². The molecule has 0 aliphatic rings. The van der Waals surface area contributed by atoms with Gasteiger partial charge in [-0.1, -0.05) is 6.92 Å². The van der Waals surface area contributed by atoms with Crippen LogP contribution in [-0.2, 0) is 0 Å². The van der Waals surface area contributed by atoms with E-state index < -0.39 is 0 Å². The smallest absolute Gasteiger partial charge is 0.00834 e. The Labute approximate surface area is 49.7 Å². The van der Waals surface area contributed by atoms with Gasteiger partial charge < -0.3 is 0 Å². The van der Waals surface area contributed by atoms with E-state index in [0.717, 1.165) is 12.8 Å². The van der Waals surface area contributed by atoms with E-state index in [-0.39, 0.29) is 17.0 Å². The van der Waals surface area contributed by atoms with Crippen LogP contribution in [0.2, 0.25) is 0 Å². The Hall–Kier alpha value is 0.0400. The molecule has 0 bridgehead atoms. The SMILES string of the molecule is Br.C#CCCC. The summed E-state index contributed by atoms with van der Waals surface area (Å²) < 4.78 is 0. The average Bonchev–Trinajstić information content (AvgIpc) is 1.41.